The molecule has 0 atom stereocenters. The van der Waals surface area contributed by atoms with E-state index in [4.69, 9.17) is 5.73 Å². The Labute approximate surface area is 60.6 Å². The van der Waals surface area contributed by atoms with Gasteiger partial charge in [-0.3, -0.25) is 4.79 Å². The number of nitrogens with two attached hydrogens (primary N) is 1. The number of hydrogen-bond donors (Lipinski definition) is 2. The molecule has 0 radical (unpaired) electrons. The van der Waals surface area contributed by atoms with Gasteiger partial charge in [0.15, 0.2) is 5.69 Å². The van der Waals surface area contributed by atoms with E-state index >= 15 is 0 Å². The van der Waals surface area contributed by atoms with E-state index in [9.17, 15) is 4.79 Å². The summed E-state index contributed by atoms with van der Waals surface area (Å²) in [5, 5.41) is 3.43. The summed E-state index contributed by atoms with van der Waals surface area (Å²) in [6.45, 7) is 0. The van der Waals surface area contributed by atoms with Crippen LogP contribution in [-0.4, -0.2) is 15.5 Å². The normalized spacial score (nSPS) is 9.44. The lowest BCUT2D eigenvalue weighted by Crippen LogP contribution is -2.11. The lowest BCUT2D eigenvalue weighted by molar-refractivity contribution is 0.0993. The predicted octanol–water partition coefficient (Wildman–Crippen LogP) is -0.0743. The second-order valence-electron chi connectivity index (χ2n) is 1.29. The molecule has 0 aliphatic heterocycles. The van der Waals surface area contributed by atoms with Crippen molar-refractivity contribution >= 4 is 30.1 Å². The van der Waals surface area contributed by atoms with Gasteiger partial charge in [0.25, 0.3) is 5.91 Å². The summed E-state index contributed by atoms with van der Waals surface area (Å²) in [5.41, 5.74) is 5.02. The molecule has 0 saturated carbocycles. The summed E-state index contributed by atoms with van der Waals surface area (Å²) in [6, 6.07) is 0. The van der Waals surface area contributed by atoms with Gasteiger partial charge in [0.05, 0.1) is 0 Å². The third kappa shape index (κ3) is 1.19. The fourth-order valence-electron chi connectivity index (χ4n) is 0.341. The SMILES string of the molecule is NC(=O)c1nnsc1S. The Morgan fingerprint density at radius 3 is 2.67 bits per heavy atom. The van der Waals surface area contributed by atoms with Gasteiger partial charge in [0.2, 0.25) is 0 Å². The summed E-state index contributed by atoms with van der Waals surface area (Å²) in [7, 11) is 0. The molecule has 1 rings (SSSR count). The van der Waals surface area contributed by atoms with Gasteiger partial charge in [-0.1, -0.05) is 4.49 Å². The third-order valence-electron chi connectivity index (χ3n) is 0.704. The van der Waals surface area contributed by atoms with Gasteiger partial charge in [0.1, 0.15) is 4.21 Å². The van der Waals surface area contributed by atoms with E-state index in [2.05, 4.69) is 22.2 Å². The standard InChI is InChI=1S/C3H3N3OS2/c4-2(7)1-3(8)9-6-5-1/h8H,(H2,4,7). The van der Waals surface area contributed by atoms with E-state index in [1.165, 1.54) is 0 Å². The molecule has 0 aromatic carbocycles. The van der Waals surface area contributed by atoms with Crippen molar-refractivity contribution in [1.29, 1.82) is 0 Å². The maximum atomic E-state index is 10.4. The number of carbonyl (C=O) groups excluding carboxylic acids is 1. The number of nitrogens with zero attached hydrogens (tertiary/aromatic N) is 2. The van der Waals surface area contributed by atoms with Crippen LogP contribution in [0.2, 0.25) is 0 Å². The molecule has 9 heavy (non-hydrogen) atoms. The van der Waals surface area contributed by atoms with Gasteiger partial charge >= 0.3 is 0 Å². The van der Waals surface area contributed by atoms with Crippen LogP contribution in [0.4, 0.5) is 0 Å². The first-order valence-corrected chi connectivity index (χ1v) is 3.25. The van der Waals surface area contributed by atoms with Crippen molar-refractivity contribution in [2.45, 2.75) is 4.21 Å². The molecule has 1 heterocycles. The number of primary amides is 1. The number of aromatic nitrogens is 2. The van der Waals surface area contributed by atoms with Crippen LogP contribution >= 0.6 is 24.2 Å². The van der Waals surface area contributed by atoms with E-state index in [1.807, 2.05) is 0 Å². The molecule has 1 amide bonds. The number of amides is 1. The minimum absolute atomic E-state index is 0.142. The average Bonchev–Trinajstić information content (AvgIpc) is 2.13. The molecule has 0 saturated heterocycles. The van der Waals surface area contributed by atoms with Crippen LogP contribution in [0.1, 0.15) is 10.5 Å². The topological polar surface area (TPSA) is 68.9 Å². The highest BCUT2D eigenvalue weighted by Crippen LogP contribution is 2.13. The third-order valence-corrected chi connectivity index (χ3v) is 1.69. The van der Waals surface area contributed by atoms with Gasteiger partial charge in [-0.25, -0.2) is 0 Å². The molecule has 48 valence electrons. The van der Waals surface area contributed by atoms with Crippen molar-refractivity contribution in [3.63, 3.8) is 0 Å². The maximum absolute atomic E-state index is 10.4. The molecule has 6 heteroatoms. The van der Waals surface area contributed by atoms with E-state index < -0.39 is 5.91 Å². The minimum Gasteiger partial charge on any atom is -0.364 e. The van der Waals surface area contributed by atoms with Crippen molar-refractivity contribution in [1.82, 2.24) is 9.59 Å². The van der Waals surface area contributed by atoms with Crippen LogP contribution in [0.15, 0.2) is 4.21 Å². The van der Waals surface area contributed by atoms with Crippen LogP contribution in [0.3, 0.4) is 0 Å². The summed E-state index contributed by atoms with van der Waals surface area (Å²) in [6.07, 6.45) is 0. The van der Waals surface area contributed by atoms with Crippen LogP contribution < -0.4 is 5.73 Å². The van der Waals surface area contributed by atoms with E-state index in [-0.39, 0.29) is 5.69 Å². The maximum Gasteiger partial charge on any atom is 0.271 e. The first kappa shape index (κ1) is 6.50. The summed E-state index contributed by atoms with van der Waals surface area (Å²) in [4.78, 5) is 10.4. The van der Waals surface area contributed by atoms with Gasteiger partial charge < -0.3 is 5.73 Å². The Morgan fingerprint density at radius 2 is 2.44 bits per heavy atom. The van der Waals surface area contributed by atoms with E-state index in [0.717, 1.165) is 11.5 Å². The van der Waals surface area contributed by atoms with Crippen molar-refractivity contribution in [2.24, 2.45) is 5.73 Å². The van der Waals surface area contributed by atoms with E-state index in [1.54, 1.807) is 0 Å². The Kier molecular flexibility index (Phi) is 1.68. The molecule has 0 fully saturated rings. The lowest BCUT2D eigenvalue weighted by Gasteiger charge is -1.82. The highest BCUT2D eigenvalue weighted by atomic mass is 32.2. The highest BCUT2D eigenvalue weighted by molar-refractivity contribution is 7.82. The minimum atomic E-state index is -0.589. The van der Waals surface area contributed by atoms with Crippen molar-refractivity contribution < 1.29 is 4.79 Å². The van der Waals surface area contributed by atoms with Gasteiger partial charge in [-0.15, -0.1) is 17.7 Å². The first-order valence-electron chi connectivity index (χ1n) is 2.03. The Bertz CT molecular complexity index is 233. The summed E-state index contributed by atoms with van der Waals surface area (Å²) >= 11 is 4.92. The second-order valence-corrected chi connectivity index (χ2v) is 2.79. The van der Waals surface area contributed by atoms with Gasteiger partial charge in [0, 0.05) is 0 Å². The van der Waals surface area contributed by atoms with Crippen LogP contribution in [0.5, 0.6) is 0 Å². The van der Waals surface area contributed by atoms with Crippen LogP contribution in [0, 0.1) is 0 Å². The Balaban J connectivity index is 3.08. The number of thiol groups is 1. The monoisotopic (exact) mass is 161 g/mol. The zero-order valence-corrected chi connectivity index (χ0v) is 5.95. The zero-order chi connectivity index (χ0) is 6.85. The van der Waals surface area contributed by atoms with Gasteiger partial charge in [-0.05, 0) is 11.5 Å². The van der Waals surface area contributed by atoms with Crippen molar-refractivity contribution in [3.05, 3.63) is 5.69 Å². The molecular formula is C3H3N3OS2. The molecular weight excluding hydrogens is 158 g/mol. The molecule has 4 nitrogen and oxygen atoms in total. The number of rotatable bonds is 1. The van der Waals surface area contributed by atoms with Crippen LogP contribution in [0.25, 0.3) is 0 Å². The van der Waals surface area contributed by atoms with Crippen LogP contribution in [-0.2, 0) is 0 Å². The molecule has 0 bridgehead atoms. The molecule has 0 spiro atoms. The molecule has 0 unspecified atom stereocenters. The van der Waals surface area contributed by atoms with E-state index in [0.29, 0.717) is 4.21 Å². The predicted molar refractivity (Wildman–Crippen MR) is 35.7 cm³/mol. The molecule has 0 aliphatic rings. The fourth-order valence-corrected chi connectivity index (χ4v) is 1.03. The zero-order valence-electron chi connectivity index (χ0n) is 4.24. The molecule has 1 aromatic heterocycles. The Morgan fingerprint density at radius 1 is 1.78 bits per heavy atom. The quantitative estimate of drug-likeness (QED) is 0.566. The largest absolute Gasteiger partial charge is 0.364 e. The average molecular weight is 161 g/mol. The summed E-state index contributed by atoms with van der Waals surface area (Å²) < 4.78 is 3.92. The summed E-state index contributed by atoms with van der Waals surface area (Å²) in [5.74, 6) is -0.589. The molecule has 1 aromatic rings. The second kappa shape index (κ2) is 2.32. The smallest absolute Gasteiger partial charge is 0.271 e. The Hall–Kier alpha value is -0.620. The molecule has 2 N–H and O–H groups in total. The van der Waals surface area contributed by atoms with Crippen molar-refractivity contribution in [3.8, 4) is 0 Å². The highest BCUT2D eigenvalue weighted by Gasteiger charge is 2.08. The van der Waals surface area contributed by atoms with Crippen molar-refractivity contribution in [2.75, 3.05) is 0 Å². The number of carbonyl (C=O) groups is 1. The fraction of sp³-hybridized carbons (Fsp3) is 0. The molecule has 0 aliphatic carbocycles. The number of hydrogen-bond acceptors (Lipinski definition) is 5. The van der Waals surface area contributed by atoms with Gasteiger partial charge in [-0.2, -0.15) is 0 Å². The first-order chi connectivity index (χ1) is 4.22. The lowest BCUT2D eigenvalue weighted by atomic mass is 10.5.